The molecule has 0 atom stereocenters. The van der Waals surface area contributed by atoms with Gasteiger partial charge in [-0.25, -0.2) is 4.79 Å². The number of carbonyl (C=O) groups excluding carboxylic acids is 2. The van der Waals surface area contributed by atoms with Crippen molar-refractivity contribution in [1.29, 1.82) is 0 Å². The van der Waals surface area contributed by atoms with E-state index in [4.69, 9.17) is 4.74 Å². The number of aromatic carboxylic acids is 1. The molecule has 0 spiro atoms. The van der Waals surface area contributed by atoms with E-state index in [1.54, 1.807) is 6.07 Å². The number of ether oxygens (including phenoxy) is 1. The Kier molecular flexibility index (Phi) is 13.2. The average molecular weight is 832 g/mol. The first-order chi connectivity index (χ1) is 29.4. The van der Waals surface area contributed by atoms with Gasteiger partial charge in [0.05, 0.1) is 11.5 Å². The second-order valence-electron chi connectivity index (χ2n) is 16.9. The number of hydrogen-bond acceptors (Lipinski definition) is 10. The first kappa shape index (κ1) is 44.6. The van der Waals surface area contributed by atoms with Crippen molar-refractivity contribution in [2.45, 2.75) is 11.5 Å². The summed E-state index contributed by atoms with van der Waals surface area (Å²) in [5, 5.41) is 12.1. The van der Waals surface area contributed by atoms with Gasteiger partial charge < -0.3 is 44.0 Å². The number of carboxylic acids is 1. The Labute approximate surface area is 367 Å². The second-order valence-corrected chi connectivity index (χ2v) is 16.9. The van der Waals surface area contributed by atoms with Gasteiger partial charge in [0.25, 0.3) is 0 Å². The van der Waals surface area contributed by atoms with Crippen LogP contribution in [0.15, 0.2) is 133 Å². The smallest absolute Gasteiger partial charge is 0.340 e. The van der Waals surface area contributed by atoms with E-state index in [-0.39, 0.29) is 17.5 Å². The third-order valence-electron chi connectivity index (χ3n) is 11.5. The molecule has 10 heteroatoms. The molecule has 6 aromatic rings. The van der Waals surface area contributed by atoms with E-state index < -0.39 is 11.6 Å². The van der Waals surface area contributed by atoms with Gasteiger partial charge in [-0.2, -0.15) is 0 Å². The van der Waals surface area contributed by atoms with Crippen LogP contribution in [0.5, 0.6) is 0 Å². The highest BCUT2D eigenvalue weighted by atomic mass is 16.6. The summed E-state index contributed by atoms with van der Waals surface area (Å²) in [6.45, 7) is 0. The summed E-state index contributed by atoms with van der Waals surface area (Å²) < 4.78 is 6.24. The zero-order chi connectivity index (χ0) is 45.0. The molecule has 0 N–H and O–H groups in total. The Balaban J connectivity index is 0.000000207. The number of rotatable bonds is 12. The largest absolute Gasteiger partial charge is 0.545 e. The first-order valence-corrected chi connectivity index (χ1v) is 20.6. The molecule has 322 valence electrons. The number of hydrogen-bond donors (Lipinski definition) is 0. The number of esters is 1. The highest BCUT2D eigenvalue weighted by Crippen LogP contribution is 2.48. The Morgan fingerprint density at radius 1 is 0.468 bits per heavy atom. The maximum Gasteiger partial charge on any atom is 0.340 e. The van der Waals surface area contributed by atoms with E-state index >= 15 is 0 Å². The summed E-state index contributed by atoms with van der Waals surface area (Å²) in [7, 11) is 23.8. The molecule has 0 fully saturated rings. The van der Waals surface area contributed by atoms with Gasteiger partial charge in [0.2, 0.25) is 0 Å². The minimum Gasteiger partial charge on any atom is -0.545 e. The van der Waals surface area contributed by atoms with Crippen LogP contribution in [0.4, 0.5) is 34.1 Å². The van der Waals surface area contributed by atoms with Crippen molar-refractivity contribution in [3.8, 4) is 0 Å². The molecule has 0 radical (unpaired) electrons. The molecule has 0 saturated heterocycles. The van der Waals surface area contributed by atoms with E-state index in [9.17, 15) is 14.7 Å². The quantitative estimate of drug-likeness (QED) is 0.0901. The monoisotopic (exact) mass is 831 g/mol. The van der Waals surface area contributed by atoms with Crippen molar-refractivity contribution in [2.75, 3.05) is 114 Å². The van der Waals surface area contributed by atoms with Crippen LogP contribution >= 0.6 is 0 Å². The van der Waals surface area contributed by atoms with Gasteiger partial charge in [-0.15, -0.1) is 0 Å². The van der Waals surface area contributed by atoms with E-state index in [0.29, 0.717) is 5.56 Å². The molecule has 1 aliphatic heterocycles. The van der Waals surface area contributed by atoms with E-state index in [1.165, 1.54) is 0 Å². The third-order valence-corrected chi connectivity index (χ3v) is 11.5. The molecule has 0 saturated carbocycles. The number of carbonyl (C=O) groups is 2. The molecule has 6 aromatic carbocycles. The molecular weight excluding hydrogens is 773 g/mol. The van der Waals surface area contributed by atoms with Crippen molar-refractivity contribution in [2.24, 2.45) is 0 Å². The first-order valence-electron chi connectivity index (χ1n) is 20.6. The van der Waals surface area contributed by atoms with Crippen LogP contribution < -0.4 is 34.5 Å². The Morgan fingerprint density at radius 3 is 1.18 bits per heavy atom. The fourth-order valence-corrected chi connectivity index (χ4v) is 7.85. The lowest BCUT2D eigenvalue weighted by molar-refractivity contribution is -0.255. The molecule has 1 aliphatic rings. The van der Waals surface area contributed by atoms with Gasteiger partial charge in [0.15, 0.2) is 5.60 Å². The molecule has 1 heterocycles. The van der Waals surface area contributed by atoms with Gasteiger partial charge in [0.1, 0.15) is 0 Å². The summed E-state index contributed by atoms with van der Waals surface area (Å²) in [4.78, 5) is 37.3. The number of carboxylic acid groups (broad SMARTS) is 1. The highest BCUT2D eigenvalue weighted by Gasteiger charge is 2.48. The molecule has 0 bridgehead atoms. The average Bonchev–Trinajstić information content (AvgIpc) is 3.56. The Morgan fingerprint density at radius 2 is 0.806 bits per heavy atom. The Hall–Kier alpha value is -6.94. The molecule has 0 amide bonds. The van der Waals surface area contributed by atoms with Crippen molar-refractivity contribution >= 4 is 46.1 Å². The number of anilines is 6. The topological polar surface area (TPSA) is 85.9 Å². The normalized spacial score (nSPS) is 12.4. The fraction of sp³-hybridized carbons (Fsp3) is 0.269. The predicted molar refractivity (Wildman–Crippen MR) is 255 cm³/mol. The van der Waals surface area contributed by atoms with Gasteiger partial charge in [-0.3, -0.25) is 0 Å². The van der Waals surface area contributed by atoms with Crippen molar-refractivity contribution in [3.05, 3.63) is 178 Å². The zero-order valence-electron chi connectivity index (χ0n) is 38.1. The minimum absolute atomic E-state index is 0.213. The van der Waals surface area contributed by atoms with Crippen molar-refractivity contribution < 1.29 is 19.4 Å². The molecule has 0 aromatic heterocycles. The number of nitrogens with zero attached hydrogens (tertiary/aromatic N) is 6. The van der Waals surface area contributed by atoms with Gasteiger partial charge >= 0.3 is 5.97 Å². The third kappa shape index (κ3) is 9.05. The van der Waals surface area contributed by atoms with Crippen LogP contribution in [0, 0.1) is 0 Å². The van der Waals surface area contributed by atoms with Crippen LogP contribution in [-0.2, 0) is 10.3 Å². The summed E-state index contributed by atoms with van der Waals surface area (Å²) in [6.07, 6.45) is 0. The molecule has 0 unspecified atom stereocenters. The van der Waals surface area contributed by atoms with Crippen LogP contribution in [-0.4, -0.2) is 96.5 Å². The molecule has 0 aliphatic carbocycles. The van der Waals surface area contributed by atoms with Crippen molar-refractivity contribution in [3.63, 3.8) is 0 Å². The standard InChI is InChI=1S/C26H29N3O2.C26H31N3O2/c1-27(2)20-11-7-18(8-12-20)26(19-9-13-21(14-10-19)28(3)4)24-16-15-22(29(5)6)17-23(24)25(30)31-26;1-27(2)20-11-7-18(8-12-20)25(19-9-13-21(14-10-19)28(3)4)23-16-15-22(29(5)6)17-24(23)26(30)31/h7-17H,1-6H3;7-17,25H,1-6H3,(H,30,31)/p-1. The summed E-state index contributed by atoms with van der Waals surface area (Å²) in [5.74, 6) is -1.69. The maximum atomic E-state index is 13.1. The van der Waals surface area contributed by atoms with Crippen LogP contribution in [0.3, 0.4) is 0 Å². The number of fused-ring (bicyclic) bond motifs is 1. The molecular formula is C52H59N6O4-. The van der Waals surface area contributed by atoms with E-state index in [0.717, 1.165) is 67.5 Å². The highest BCUT2D eigenvalue weighted by molar-refractivity contribution is 5.97. The lowest BCUT2D eigenvalue weighted by Gasteiger charge is -2.31. The van der Waals surface area contributed by atoms with Crippen molar-refractivity contribution in [1.82, 2.24) is 0 Å². The molecule has 10 nitrogen and oxygen atoms in total. The van der Waals surface area contributed by atoms with Gasteiger partial charge in [-0.05, 0) is 89.5 Å². The summed E-state index contributed by atoms with van der Waals surface area (Å²) >= 11 is 0. The van der Waals surface area contributed by atoms with Gasteiger partial charge in [-0.1, -0.05) is 60.7 Å². The predicted octanol–water partition coefficient (Wildman–Crippen LogP) is 7.78. The number of cyclic esters (lactones) is 1. The van der Waals surface area contributed by atoms with Crippen LogP contribution in [0.25, 0.3) is 0 Å². The lowest BCUT2D eigenvalue weighted by atomic mass is 9.79. The second kappa shape index (κ2) is 18.4. The molecule has 7 rings (SSSR count). The SMILES string of the molecule is CN(C)c1ccc(C(c2ccc(N(C)C)cc2)c2ccc(N(C)C)cc2C(=O)[O-])cc1.CN(C)c1ccc(C2(c3ccc(N(C)C)cc3)OC(=O)c3cc(N(C)C)ccc32)cc1. The zero-order valence-corrected chi connectivity index (χ0v) is 38.1. The minimum atomic E-state index is -1.17. The molecule has 62 heavy (non-hydrogen) atoms. The lowest BCUT2D eigenvalue weighted by Crippen LogP contribution is -2.29. The van der Waals surface area contributed by atoms with E-state index in [1.807, 2.05) is 135 Å². The summed E-state index contributed by atoms with van der Waals surface area (Å²) in [6, 6.07) is 44.5. The number of benzene rings is 6. The van der Waals surface area contributed by atoms with E-state index in [2.05, 4.69) is 107 Å². The van der Waals surface area contributed by atoms with Crippen LogP contribution in [0.2, 0.25) is 0 Å². The maximum absolute atomic E-state index is 13.1. The van der Waals surface area contributed by atoms with Crippen LogP contribution in [0.1, 0.15) is 60.0 Å². The fourth-order valence-electron chi connectivity index (χ4n) is 7.85. The summed E-state index contributed by atoms with van der Waals surface area (Å²) in [5.41, 5.74) is 11.5. The van der Waals surface area contributed by atoms with Gasteiger partial charge in [0, 0.05) is 147 Å². The Bertz CT molecular complexity index is 2370.